The maximum absolute atomic E-state index is 2.35. The van der Waals surface area contributed by atoms with Crippen LogP contribution in [0.25, 0.3) is 0 Å². The van der Waals surface area contributed by atoms with Crippen molar-refractivity contribution in [3.63, 3.8) is 0 Å². The van der Waals surface area contributed by atoms with Crippen LogP contribution in [0, 0.1) is 17.8 Å². The molecule has 0 fully saturated rings. The fourth-order valence-electron chi connectivity index (χ4n) is 2.25. The van der Waals surface area contributed by atoms with Crippen LogP contribution in [0.3, 0.4) is 0 Å². The molecule has 70 valence electrons. The molecule has 0 aromatic carbocycles. The Morgan fingerprint density at radius 3 is 1.92 bits per heavy atom. The minimum absolute atomic E-state index is 0.772. The highest BCUT2D eigenvalue weighted by molar-refractivity contribution is 5.21. The lowest BCUT2D eigenvalue weighted by molar-refractivity contribution is 0.396. The van der Waals surface area contributed by atoms with E-state index in [4.69, 9.17) is 0 Å². The van der Waals surface area contributed by atoms with Gasteiger partial charge >= 0.3 is 0 Å². The van der Waals surface area contributed by atoms with Crippen molar-refractivity contribution >= 4 is 0 Å². The first-order valence-corrected chi connectivity index (χ1v) is 5.21. The molecule has 0 saturated carbocycles. The molecule has 0 heterocycles. The van der Waals surface area contributed by atoms with Gasteiger partial charge in [0, 0.05) is 0 Å². The van der Waals surface area contributed by atoms with E-state index < -0.39 is 0 Å². The van der Waals surface area contributed by atoms with Gasteiger partial charge in [0.05, 0.1) is 0 Å². The van der Waals surface area contributed by atoms with Crippen molar-refractivity contribution in [2.45, 2.75) is 47.5 Å². The maximum Gasteiger partial charge on any atom is -0.0257 e. The van der Waals surface area contributed by atoms with Gasteiger partial charge in [-0.15, -0.1) is 0 Å². The van der Waals surface area contributed by atoms with Crippen LogP contribution < -0.4 is 0 Å². The number of allylic oxidation sites excluding steroid dienone is 2. The van der Waals surface area contributed by atoms with E-state index in [2.05, 4.69) is 34.6 Å². The summed E-state index contributed by atoms with van der Waals surface area (Å²) in [5, 5.41) is 0. The quantitative estimate of drug-likeness (QED) is 0.543. The van der Waals surface area contributed by atoms with Crippen LogP contribution in [-0.4, -0.2) is 0 Å². The third kappa shape index (κ3) is 1.91. The standard InChI is InChI=1S/C12H22/c1-8(2)11-6-10(5)12(7-11)9(3)4/h8-9,11H,6-7H2,1-5H3. The summed E-state index contributed by atoms with van der Waals surface area (Å²) in [7, 11) is 0. The summed E-state index contributed by atoms with van der Waals surface area (Å²) in [6.07, 6.45) is 2.71. The van der Waals surface area contributed by atoms with Gasteiger partial charge in [0.15, 0.2) is 0 Å². The lowest BCUT2D eigenvalue weighted by Gasteiger charge is -2.15. The summed E-state index contributed by atoms with van der Waals surface area (Å²) in [6.45, 7) is 11.7. The molecule has 0 saturated heterocycles. The second kappa shape index (κ2) is 3.64. The van der Waals surface area contributed by atoms with E-state index in [1.54, 1.807) is 11.1 Å². The Labute approximate surface area is 77.1 Å². The van der Waals surface area contributed by atoms with Crippen molar-refractivity contribution in [3.05, 3.63) is 11.1 Å². The molecule has 0 amide bonds. The summed E-state index contributed by atoms with van der Waals surface area (Å²) < 4.78 is 0. The van der Waals surface area contributed by atoms with E-state index in [-0.39, 0.29) is 0 Å². The Morgan fingerprint density at radius 2 is 1.67 bits per heavy atom. The Hall–Kier alpha value is -0.260. The van der Waals surface area contributed by atoms with Gasteiger partial charge in [-0.3, -0.25) is 0 Å². The molecule has 0 nitrogen and oxygen atoms in total. The van der Waals surface area contributed by atoms with Crippen molar-refractivity contribution in [1.82, 2.24) is 0 Å². The van der Waals surface area contributed by atoms with Gasteiger partial charge in [0.2, 0.25) is 0 Å². The molecular formula is C12H22. The first-order chi connectivity index (χ1) is 5.52. The molecule has 12 heavy (non-hydrogen) atoms. The molecule has 1 aliphatic carbocycles. The van der Waals surface area contributed by atoms with E-state index in [0.29, 0.717) is 0 Å². The van der Waals surface area contributed by atoms with Crippen molar-refractivity contribution in [1.29, 1.82) is 0 Å². The fourth-order valence-corrected chi connectivity index (χ4v) is 2.25. The predicted molar refractivity (Wildman–Crippen MR) is 55.1 cm³/mol. The Balaban J connectivity index is 2.62. The third-order valence-corrected chi connectivity index (χ3v) is 3.24. The summed E-state index contributed by atoms with van der Waals surface area (Å²) in [4.78, 5) is 0. The molecule has 0 N–H and O–H groups in total. The average Bonchev–Trinajstić information content (AvgIpc) is 2.30. The van der Waals surface area contributed by atoms with Gasteiger partial charge in [-0.05, 0) is 37.5 Å². The van der Waals surface area contributed by atoms with E-state index in [1.165, 1.54) is 12.8 Å². The largest absolute Gasteiger partial charge is 0.0736 e. The lowest BCUT2D eigenvalue weighted by Crippen LogP contribution is -2.05. The van der Waals surface area contributed by atoms with Gasteiger partial charge < -0.3 is 0 Å². The van der Waals surface area contributed by atoms with Crippen LogP contribution in [0.5, 0.6) is 0 Å². The monoisotopic (exact) mass is 166 g/mol. The lowest BCUT2D eigenvalue weighted by atomic mass is 9.90. The van der Waals surface area contributed by atoms with Gasteiger partial charge in [-0.2, -0.15) is 0 Å². The highest BCUT2D eigenvalue weighted by Crippen LogP contribution is 2.38. The molecule has 0 heteroatoms. The Kier molecular flexibility index (Phi) is 2.98. The van der Waals surface area contributed by atoms with Crippen molar-refractivity contribution in [3.8, 4) is 0 Å². The molecule has 0 aliphatic heterocycles. The summed E-state index contributed by atoms with van der Waals surface area (Å²) in [6, 6.07) is 0. The van der Waals surface area contributed by atoms with Crippen molar-refractivity contribution in [2.24, 2.45) is 17.8 Å². The van der Waals surface area contributed by atoms with Crippen LogP contribution >= 0.6 is 0 Å². The van der Waals surface area contributed by atoms with E-state index in [0.717, 1.165) is 17.8 Å². The first kappa shape index (κ1) is 9.83. The van der Waals surface area contributed by atoms with Crippen LogP contribution in [0.15, 0.2) is 11.1 Å². The minimum Gasteiger partial charge on any atom is -0.0736 e. The molecule has 1 rings (SSSR count). The van der Waals surface area contributed by atoms with E-state index in [1.807, 2.05) is 0 Å². The van der Waals surface area contributed by atoms with Crippen molar-refractivity contribution < 1.29 is 0 Å². The Morgan fingerprint density at radius 1 is 1.08 bits per heavy atom. The smallest absolute Gasteiger partial charge is 0.0257 e. The van der Waals surface area contributed by atoms with Gasteiger partial charge in [0.1, 0.15) is 0 Å². The van der Waals surface area contributed by atoms with E-state index in [9.17, 15) is 0 Å². The van der Waals surface area contributed by atoms with Gasteiger partial charge in [-0.1, -0.05) is 38.8 Å². The third-order valence-electron chi connectivity index (χ3n) is 3.24. The zero-order valence-corrected chi connectivity index (χ0v) is 9.15. The van der Waals surface area contributed by atoms with Crippen LogP contribution in [0.1, 0.15) is 47.5 Å². The molecule has 0 aromatic heterocycles. The highest BCUT2D eigenvalue weighted by Gasteiger charge is 2.24. The summed E-state index contributed by atoms with van der Waals surface area (Å²) in [5.74, 6) is 2.56. The molecule has 0 bridgehead atoms. The second-order valence-electron chi connectivity index (χ2n) is 4.87. The van der Waals surface area contributed by atoms with E-state index >= 15 is 0 Å². The number of rotatable bonds is 2. The second-order valence-corrected chi connectivity index (χ2v) is 4.87. The fraction of sp³-hybridized carbons (Fsp3) is 0.833. The number of hydrogen-bond acceptors (Lipinski definition) is 0. The summed E-state index contributed by atoms with van der Waals surface area (Å²) >= 11 is 0. The highest BCUT2D eigenvalue weighted by atomic mass is 14.3. The zero-order chi connectivity index (χ0) is 9.30. The first-order valence-electron chi connectivity index (χ1n) is 5.21. The van der Waals surface area contributed by atoms with Crippen molar-refractivity contribution in [2.75, 3.05) is 0 Å². The SMILES string of the molecule is CC1=C(C(C)C)CC(C(C)C)C1. The molecular weight excluding hydrogens is 144 g/mol. The minimum atomic E-state index is 0.772. The normalized spacial score (nSPS) is 24.8. The number of hydrogen-bond donors (Lipinski definition) is 0. The molecule has 0 spiro atoms. The maximum atomic E-state index is 2.35. The van der Waals surface area contributed by atoms with Crippen LogP contribution in [0.4, 0.5) is 0 Å². The predicted octanol–water partition coefficient (Wildman–Crippen LogP) is 4.02. The van der Waals surface area contributed by atoms with Gasteiger partial charge in [0.25, 0.3) is 0 Å². The van der Waals surface area contributed by atoms with Crippen LogP contribution in [0.2, 0.25) is 0 Å². The molecule has 1 atom stereocenters. The summed E-state index contributed by atoms with van der Waals surface area (Å²) in [5.41, 5.74) is 3.40. The molecule has 0 aromatic rings. The molecule has 0 radical (unpaired) electrons. The zero-order valence-electron chi connectivity index (χ0n) is 9.15. The topological polar surface area (TPSA) is 0 Å². The molecule has 1 unspecified atom stereocenters. The average molecular weight is 166 g/mol. The Bertz CT molecular complexity index is 184. The van der Waals surface area contributed by atoms with Crippen LogP contribution in [-0.2, 0) is 0 Å². The van der Waals surface area contributed by atoms with Gasteiger partial charge in [-0.25, -0.2) is 0 Å². The molecule has 1 aliphatic rings.